The second-order valence-electron chi connectivity index (χ2n) is 5.85. The lowest BCUT2D eigenvalue weighted by Gasteiger charge is -2.26. The van der Waals surface area contributed by atoms with Crippen LogP contribution in [0.2, 0.25) is 0 Å². The summed E-state index contributed by atoms with van der Waals surface area (Å²) in [7, 11) is 0. The summed E-state index contributed by atoms with van der Waals surface area (Å²) >= 11 is 2.08. The minimum atomic E-state index is 1.18. The number of rotatable bonds is 9. The van der Waals surface area contributed by atoms with E-state index in [-0.39, 0.29) is 0 Å². The van der Waals surface area contributed by atoms with Gasteiger partial charge in [0.2, 0.25) is 0 Å². The van der Waals surface area contributed by atoms with Gasteiger partial charge in [-0.25, -0.2) is 0 Å². The molecule has 1 aliphatic heterocycles. The van der Waals surface area contributed by atoms with Gasteiger partial charge in [-0.1, -0.05) is 49.6 Å². The molecule has 0 unspecified atom stereocenters. The fourth-order valence-electron chi connectivity index (χ4n) is 2.84. The van der Waals surface area contributed by atoms with E-state index in [0.29, 0.717) is 0 Å². The van der Waals surface area contributed by atoms with Gasteiger partial charge in [0.1, 0.15) is 0 Å². The summed E-state index contributed by atoms with van der Waals surface area (Å²) in [5, 5.41) is 0. The topological polar surface area (TPSA) is 3.24 Å². The van der Waals surface area contributed by atoms with Crippen LogP contribution in [-0.4, -0.2) is 30.3 Å². The van der Waals surface area contributed by atoms with Gasteiger partial charge in [0.25, 0.3) is 0 Å². The van der Waals surface area contributed by atoms with E-state index < -0.39 is 0 Å². The van der Waals surface area contributed by atoms with Crippen molar-refractivity contribution >= 4 is 11.8 Å². The molecule has 0 radical (unpaired) electrons. The molecular formula is C18H29NS. The van der Waals surface area contributed by atoms with E-state index in [1.807, 2.05) is 0 Å². The lowest BCUT2D eigenvalue weighted by atomic mass is 10.1. The van der Waals surface area contributed by atoms with Gasteiger partial charge in [-0.15, -0.1) is 0 Å². The lowest BCUT2D eigenvalue weighted by Crippen LogP contribution is -2.30. The number of likely N-dealkylation sites (tertiary alicyclic amines) is 1. The first kappa shape index (κ1) is 15.9. The van der Waals surface area contributed by atoms with Crippen molar-refractivity contribution in [3.05, 3.63) is 35.9 Å². The number of nitrogens with zero attached hydrogens (tertiary/aromatic N) is 1. The van der Waals surface area contributed by atoms with Crippen molar-refractivity contribution in [1.82, 2.24) is 4.90 Å². The van der Waals surface area contributed by atoms with Crippen molar-refractivity contribution in [1.29, 1.82) is 0 Å². The fourth-order valence-corrected chi connectivity index (χ4v) is 3.82. The molecule has 20 heavy (non-hydrogen) atoms. The van der Waals surface area contributed by atoms with Gasteiger partial charge in [-0.2, -0.15) is 11.8 Å². The summed E-state index contributed by atoms with van der Waals surface area (Å²) in [6.07, 6.45) is 9.93. The van der Waals surface area contributed by atoms with E-state index in [1.165, 1.54) is 81.6 Å². The van der Waals surface area contributed by atoms with Crippen LogP contribution in [0.5, 0.6) is 0 Å². The maximum Gasteiger partial charge on any atom is 0.0184 e. The molecule has 0 amide bonds. The average Bonchev–Trinajstić information content (AvgIpc) is 2.52. The Hall–Kier alpha value is -0.470. The number of piperidine rings is 1. The summed E-state index contributed by atoms with van der Waals surface area (Å²) in [6.45, 7) is 4.05. The average molecular weight is 292 g/mol. The van der Waals surface area contributed by atoms with Gasteiger partial charge in [-0.3, -0.25) is 0 Å². The van der Waals surface area contributed by atoms with Crippen LogP contribution in [-0.2, 0) is 5.75 Å². The van der Waals surface area contributed by atoms with Crippen LogP contribution in [0.1, 0.15) is 50.5 Å². The van der Waals surface area contributed by atoms with E-state index >= 15 is 0 Å². The molecule has 0 aromatic heterocycles. The Balaban J connectivity index is 1.38. The molecule has 0 spiro atoms. The zero-order chi connectivity index (χ0) is 13.9. The molecule has 1 nitrogen and oxygen atoms in total. The van der Waals surface area contributed by atoms with Gasteiger partial charge in [-0.05, 0) is 56.6 Å². The molecule has 0 bridgehead atoms. The Labute approximate surface area is 129 Å². The Morgan fingerprint density at radius 2 is 1.60 bits per heavy atom. The summed E-state index contributed by atoms with van der Waals surface area (Å²) in [5.74, 6) is 2.49. The van der Waals surface area contributed by atoms with Crippen LogP contribution in [0.15, 0.2) is 30.3 Å². The number of hydrogen-bond donors (Lipinski definition) is 0. The molecule has 1 heterocycles. The first-order valence-electron chi connectivity index (χ1n) is 8.29. The van der Waals surface area contributed by atoms with Gasteiger partial charge >= 0.3 is 0 Å². The Bertz CT molecular complexity index is 333. The van der Waals surface area contributed by atoms with Crippen LogP contribution < -0.4 is 0 Å². The van der Waals surface area contributed by atoms with E-state index in [0.717, 1.165) is 0 Å². The van der Waals surface area contributed by atoms with Crippen molar-refractivity contribution < 1.29 is 0 Å². The van der Waals surface area contributed by atoms with Crippen molar-refractivity contribution in [2.45, 2.75) is 50.7 Å². The smallest absolute Gasteiger partial charge is 0.0184 e. The summed E-state index contributed by atoms with van der Waals surface area (Å²) in [6, 6.07) is 10.8. The standard InChI is InChI=1S/C18H29NS/c1(7-13-19-14-8-4-9-15-19)2-10-16-20-17-18-11-5-3-6-12-18/h3,5-6,11-12H,1-2,4,7-10,13-17H2. The minimum Gasteiger partial charge on any atom is -0.303 e. The Morgan fingerprint density at radius 3 is 2.40 bits per heavy atom. The quantitative estimate of drug-likeness (QED) is 0.591. The second-order valence-corrected chi connectivity index (χ2v) is 6.96. The lowest BCUT2D eigenvalue weighted by molar-refractivity contribution is 0.224. The first-order chi connectivity index (χ1) is 9.95. The van der Waals surface area contributed by atoms with Gasteiger partial charge in [0.05, 0.1) is 0 Å². The van der Waals surface area contributed by atoms with E-state index in [9.17, 15) is 0 Å². The predicted molar refractivity (Wildman–Crippen MR) is 91.4 cm³/mol. The van der Waals surface area contributed by atoms with Crippen LogP contribution in [0, 0.1) is 0 Å². The number of benzene rings is 1. The summed E-state index contributed by atoms with van der Waals surface area (Å²) < 4.78 is 0. The highest BCUT2D eigenvalue weighted by atomic mass is 32.2. The number of hydrogen-bond acceptors (Lipinski definition) is 2. The summed E-state index contributed by atoms with van der Waals surface area (Å²) in [4.78, 5) is 2.66. The minimum absolute atomic E-state index is 1.18. The zero-order valence-electron chi connectivity index (χ0n) is 12.7. The van der Waals surface area contributed by atoms with Crippen LogP contribution in [0.4, 0.5) is 0 Å². The van der Waals surface area contributed by atoms with Gasteiger partial charge in [0, 0.05) is 5.75 Å². The third kappa shape index (κ3) is 6.81. The largest absolute Gasteiger partial charge is 0.303 e. The van der Waals surface area contributed by atoms with E-state index in [1.54, 1.807) is 0 Å². The molecule has 0 saturated carbocycles. The van der Waals surface area contributed by atoms with Crippen molar-refractivity contribution in [3.63, 3.8) is 0 Å². The molecule has 2 rings (SSSR count). The second kappa shape index (κ2) is 10.3. The number of thioether (sulfide) groups is 1. The molecule has 1 aliphatic rings. The molecule has 0 aliphatic carbocycles. The third-order valence-electron chi connectivity index (χ3n) is 4.07. The van der Waals surface area contributed by atoms with Crippen LogP contribution in [0.25, 0.3) is 0 Å². The van der Waals surface area contributed by atoms with Crippen molar-refractivity contribution in [3.8, 4) is 0 Å². The predicted octanol–water partition coefficient (Wildman–Crippen LogP) is 4.97. The molecule has 0 N–H and O–H groups in total. The van der Waals surface area contributed by atoms with Gasteiger partial charge < -0.3 is 4.90 Å². The Kier molecular flexibility index (Phi) is 8.18. The molecule has 1 fully saturated rings. The SMILES string of the molecule is c1ccc(CSCCCCCCN2CCCCC2)cc1. The molecule has 2 heteroatoms. The highest BCUT2D eigenvalue weighted by Crippen LogP contribution is 2.15. The molecule has 1 aromatic rings. The van der Waals surface area contributed by atoms with E-state index in [2.05, 4.69) is 47.0 Å². The molecule has 0 atom stereocenters. The zero-order valence-corrected chi connectivity index (χ0v) is 13.5. The summed E-state index contributed by atoms with van der Waals surface area (Å²) in [5.41, 5.74) is 1.46. The normalized spacial score (nSPS) is 16.4. The molecule has 1 saturated heterocycles. The van der Waals surface area contributed by atoms with Crippen molar-refractivity contribution in [2.24, 2.45) is 0 Å². The monoisotopic (exact) mass is 291 g/mol. The van der Waals surface area contributed by atoms with Crippen LogP contribution >= 0.6 is 11.8 Å². The maximum absolute atomic E-state index is 2.66. The molecule has 1 aromatic carbocycles. The Morgan fingerprint density at radius 1 is 0.850 bits per heavy atom. The van der Waals surface area contributed by atoms with Crippen LogP contribution in [0.3, 0.4) is 0 Å². The third-order valence-corrected chi connectivity index (χ3v) is 5.19. The fraction of sp³-hybridized carbons (Fsp3) is 0.667. The first-order valence-corrected chi connectivity index (χ1v) is 9.44. The van der Waals surface area contributed by atoms with Crippen molar-refractivity contribution in [2.75, 3.05) is 25.4 Å². The molecule has 112 valence electrons. The molecular weight excluding hydrogens is 262 g/mol. The highest BCUT2D eigenvalue weighted by Gasteiger charge is 2.08. The highest BCUT2D eigenvalue weighted by molar-refractivity contribution is 7.98. The van der Waals surface area contributed by atoms with Gasteiger partial charge in [0.15, 0.2) is 0 Å². The number of unbranched alkanes of at least 4 members (excludes halogenated alkanes) is 3. The maximum atomic E-state index is 2.66. The van der Waals surface area contributed by atoms with E-state index in [4.69, 9.17) is 0 Å².